The zero-order valence-electron chi connectivity index (χ0n) is 12.3. The Balaban J connectivity index is 1.50. The summed E-state index contributed by atoms with van der Waals surface area (Å²) >= 11 is 0. The molecule has 2 saturated carbocycles. The summed E-state index contributed by atoms with van der Waals surface area (Å²) in [6.07, 6.45) is 13.8. The molecule has 0 aromatic heterocycles. The average molecular weight is 266 g/mol. The predicted octanol–water partition coefficient (Wildman–Crippen LogP) is 2.68. The zero-order valence-corrected chi connectivity index (χ0v) is 12.3. The highest BCUT2D eigenvalue weighted by molar-refractivity contribution is 4.94. The van der Waals surface area contributed by atoms with Crippen molar-refractivity contribution in [3.05, 3.63) is 0 Å². The predicted molar refractivity (Wildman–Crippen MR) is 78.2 cm³/mol. The third-order valence-electron chi connectivity index (χ3n) is 5.53. The second-order valence-corrected chi connectivity index (χ2v) is 6.89. The van der Waals surface area contributed by atoms with Crippen LogP contribution in [0, 0.1) is 0 Å². The highest BCUT2D eigenvalue weighted by atomic mass is 16.5. The van der Waals surface area contributed by atoms with Crippen LogP contribution in [0.15, 0.2) is 0 Å². The molecule has 1 unspecified atom stereocenters. The Bertz CT molecular complexity index is 284. The lowest BCUT2D eigenvalue weighted by Crippen LogP contribution is -2.45. The van der Waals surface area contributed by atoms with Gasteiger partial charge in [-0.1, -0.05) is 19.3 Å². The monoisotopic (exact) mass is 266 g/mol. The minimum absolute atomic E-state index is 0.295. The van der Waals surface area contributed by atoms with E-state index in [0.717, 1.165) is 25.6 Å². The highest BCUT2D eigenvalue weighted by Gasteiger charge is 2.42. The Labute approximate surface area is 117 Å². The van der Waals surface area contributed by atoms with Crippen LogP contribution in [-0.2, 0) is 4.74 Å². The summed E-state index contributed by atoms with van der Waals surface area (Å²) in [5.41, 5.74) is 5.98. The number of hydrogen-bond donors (Lipinski definition) is 1. The first-order valence-electron chi connectivity index (χ1n) is 8.43. The standard InChI is InChI=1S/C16H30N2O/c17-11-4-12-18(14-5-3-6-14)13-15-7-10-16(19-15)8-1-2-9-16/h14-15H,1-13,17H2. The van der Waals surface area contributed by atoms with Gasteiger partial charge in [-0.2, -0.15) is 0 Å². The van der Waals surface area contributed by atoms with Crippen LogP contribution >= 0.6 is 0 Å². The molecular formula is C16H30N2O. The molecule has 2 aliphatic carbocycles. The van der Waals surface area contributed by atoms with E-state index in [4.69, 9.17) is 10.5 Å². The smallest absolute Gasteiger partial charge is 0.0710 e. The van der Waals surface area contributed by atoms with Gasteiger partial charge in [-0.3, -0.25) is 4.90 Å². The van der Waals surface area contributed by atoms with E-state index in [9.17, 15) is 0 Å². The topological polar surface area (TPSA) is 38.5 Å². The first-order chi connectivity index (χ1) is 9.31. The third-order valence-corrected chi connectivity index (χ3v) is 5.53. The van der Waals surface area contributed by atoms with Crippen molar-refractivity contribution in [3.63, 3.8) is 0 Å². The first kappa shape index (κ1) is 13.8. The van der Waals surface area contributed by atoms with Gasteiger partial charge in [0.15, 0.2) is 0 Å². The molecule has 3 aliphatic rings. The lowest BCUT2D eigenvalue weighted by Gasteiger charge is -2.39. The second-order valence-electron chi connectivity index (χ2n) is 6.89. The number of nitrogens with two attached hydrogens (primary N) is 1. The van der Waals surface area contributed by atoms with E-state index in [1.54, 1.807) is 0 Å². The van der Waals surface area contributed by atoms with E-state index in [1.807, 2.05) is 0 Å². The molecule has 0 radical (unpaired) electrons. The van der Waals surface area contributed by atoms with E-state index in [-0.39, 0.29) is 0 Å². The van der Waals surface area contributed by atoms with E-state index < -0.39 is 0 Å². The molecular weight excluding hydrogens is 236 g/mol. The fourth-order valence-electron chi connectivity index (χ4n) is 4.14. The van der Waals surface area contributed by atoms with Gasteiger partial charge in [0.1, 0.15) is 0 Å². The molecule has 1 spiro atoms. The van der Waals surface area contributed by atoms with E-state index in [0.29, 0.717) is 11.7 Å². The van der Waals surface area contributed by atoms with Crippen LogP contribution in [0.1, 0.15) is 64.2 Å². The van der Waals surface area contributed by atoms with Gasteiger partial charge in [0.25, 0.3) is 0 Å². The molecule has 19 heavy (non-hydrogen) atoms. The minimum Gasteiger partial charge on any atom is -0.370 e. The average Bonchev–Trinajstić information content (AvgIpc) is 2.95. The molecule has 3 heteroatoms. The summed E-state index contributed by atoms with van der Waals surface area (Å²) in [6.45, 7) is 3.15. The van der Waals surface area contributed by atoms with Crippen LogP contribution in [0.4, 0.5) is 0 Å². The summed E-state index contributed by atoms with van der Waals surface area (Å²) in [5.74, 6) is 0. The van der Waals surface area contributed by atoms with E-state index in [1.165, 1.54) is 64.3 Å². The van der Waals surface area contributed by atoms with Crippen LogP contribution in [0.25, 0.3) is 0 Å². The summed E-state index contributed by atoms with van der Waals surface area (Å²) < 4.78 is 6.47. The molecule has 1 heterocycles. The van der Waals surface area contributed by atoms with E-state index >= 15 is 0 Å². The molecule has 0 amide bonds. The molecule has 0 aromatic carbocycles. The SMILES string of the molecule is NCCCN(CC1CCC2(CCCC2)O1)C1CCC1. The van der Waals surface area contributed by atoms with Gasteiger partial charge in [-0.15, -0.1) is 0 Å². The molecule has 1 aliphatic heterocycles. The number of nitrogens with zero attached hydrogens (tertiary/aromatic N) is 1. The van der Waals surface area contributed by atoms with Gasteiger partial charge >= 0.3 is 0 Å². The molecule has 3 nitrogen and oxygen atoms in total. The van der Waals surface area contributed by atoms with Crippen molar-refractivity contribution in [1.82, 2.24) is 4.90 Å². The highest BCUT2D eigenvalue weighted by Crippen LogP contribution is 2.43. The summed E-state index contributed by atoms with van der Waals surface area (Å²) in [5, 5.41) is 0. The fraction of sp³-hybridized carbons (Fsp3) is 1.00. The van der Waals surface area contributed by atoms with Gasteiger partial charge in [0, 0.05) is 12.6 Å². The van der Waals surface area contributed by atoms with Crippen molar-refractivity contribution < 1.29 is 4.74 Å². The van der Waals surface area contributed by atoms with Gasteiger partial charge in [-0.25, -0.2) is 0 Å². The van der Waals surface area contributed by atoms with Gasteiger partial charge in [-0.05, 0) is 58.0 Å². The lowest BCUT2D eigenvalue weighted by molar-refractivity contribution is -0.0552. The quantitative estimate of drug-likeness (QED) is 0.803. The van der Waals surface area contributed by atoms with Crippen LogP contribution in [0.5, 0.6) is 0 Å². The third kappa shape index (κ3) is 3.14. The largest absolute Gasteiger partial charge is 0.370 e. The summed E-state index contributed by atoms with van der Waals surface area (Å²) in [7, 11) is 0. The molecule has 3 rings (SSSR count). The van der Waals surface area contributed by atoms with Crippen molar-refractivity contribution >= 4 is 0 Å². The molecule has 2 N–H and O–H groups in total. The molecule has 110 valence electrons. The van der Waals surface area contributed by atoms with Crippen molar-refractivity contribution in [2.75, 3.05) is 19.6 Å². The molecule has 1 atom stereocenters. The Morgan fingerprint density at radius 2 is 1.84 bits per heavy atom. The Morgan fingerprint density at radius 3 is 2.47 bits per heavy atom. The normalized spacial score (nSPS) is 30.3. The van der Waals surface area contributed by atoms with Crippen LogP contribution in [0.3, 0.4) is 0 Å². The van der Waals surface area contributed by atoms with Crippen molar-refractivity contribution in [2.24, 2.45) is 5.73 Å². The van der Waals surface area contributed by atoms with Crippen LogP contribution in [0.2, 0.25) is 0 Å². The maximum Gasteiger partial charge on any atom is 0.0710 e. The Kier molecular flexibility index (Phi) is 4.45. The number of ether oxygens (including phenoxy) is 1. The fourth-order valence-corrected chi connectivity index (χ4v) is 4.14. The van der Waals surface area contributed by atoms with Crippen LogP contribution in [-0.4, -0.2) is 42.3 Å². The lowest BCUT2D eigenvalue weighted by atomic mass is 9.91. The number of hydrogen-bond acceptors (Lipinski definition) is 3. The molecule has 3 fully saturated rings. The summed E-state index contributed by atoms with van der Waals surface area (Å²) in [4.78, 5) is 2.68. The van der Waals surface area contributed by atoms with Crippen molar-refractivity contribution in [1.29, 1.82) is 0 Å². The Morgan fingerprint density at radius 1 is 1.05 bits per heavy atom. The molecule has 1 saturated heterocycles. The minimum atomic E-state index is 0.295. The van der Waals surface area contributed by atoms with Gasteiger partial charge in [0.2, 0.25) is 0 Å². The molecule has 0 bridgehead atoms. The van der Waals surface area contributed by atoms with Crippen molar-refractivity contribution in [2.45, 2.75) is 82.0 Å². The van der Waals surface area contributed by atoms with E-state index in [2.05, 4.69) is 4.90 Å². The Hall–Kier alpha value is -0.120. The van der Waals surface area contributed by atoms with Gasteiger partial charge in [0.05, 0.1) is 11.7 Å². The van der Waals surface area contributed by atoms with Gasteiger partial charge < -0.3 is 10.5 Å². The maximum atomic E-state index is 6.47. The zero-order chi connectivity index (χ0) is 13.1. The molecule has 0 aromatic rings. The number of rotatable bonds is 6. The summed E-state index contributed by atoms with van der Waals surface area (Å²) in [6, 6.07) is 0.829. The van der Waals surface area contributed by atoms with Crippen LogP contribution < -0.4 is 5.73 Å². The maximum absolute atomic E-state index is 6.47. The van der Waals surface area contributed by atoms with Crippen molar-refractivity contribution in [3.8, 4) is 0 Å². The second kappa shape index (κ2) is 6.11. The first-order valence-corrected chi connectivity index (χ1v) is 8.43.